The van der Waals surface area contributed by atoms with E-state index in [1.165, 1.54) is 5.75 Å². The fourth-order valence-corrected chi connectivity index (χ4v) is 4.27. The molecule has 5 heteroatoms. The Morgan fingerprint density at radius 2 is 2.37 bits per heavy atom. The highest BCUT2D eigenvalue weighted by atomic mass is 35.5. The topological polar surface area (TPSA) is 44.5 Å². The van der Waals surface area contributed by atoms with Gasteiger partial charge in [-0.05, 0) is 24.3 Å². The molecule has 2 aliphatic heterocycles. The van der Waals surface area contributed by atoms with E-state index < -0.39 is 0 Å². The van der Waals surface area contributed by atoms with Gasteiger partial charge in [0.2, 0.25) is 0 Å². The first-order valence-corrected chi connectivity index (χ1v) is 8.14. The summed E-state index contributed by atoms with van der Waals surface area (Å²) < 4.78 is 12.0. The molecule has 0 aromatic heterocycles. The van der Waals surface area contributed by atoms with Gasteiger partial charge < -0.3 is 15.2 Å². The van der Waals surface area contributed by atoms with Crippen LogP contribution in [0.4, 0.5) is 5.69 Å². The summed E-state index contributed by atoms with van der Waals surface area (Å²) in [6, 6.07) is 5.47. The molecule has 0 bridgehead atoms. The molecule has 1 spiro atoms. The molecule has 2 atom stereocenters. The van der Waals surface area contributed by atoms with Crippen LogP contribution in [0.5, 0.6) is 5.75 Å². The van der Waals surface area contributed by atoms with E-state index in [9.17, 15) is 0 Å². The van der Waals surface area contributed by atoms with Crippen LogP contribution in [0, 0.1) is 0 Å². The molecule has 1 aromatic carbocycles. The maximum atomic E-state index is 6.05. The molecule has 2 fully saturated rings. The van der Waals surface area contributed by atoms with Crippen molar-refractivity contribution in [3.05, 3.63) is 23.2 Å². The summed E-state index contributed by atoms with van der Waals surface area (Å²) >= 11 is 7.99. The molecule has 0 radical (unpaired) electrons. The van der Waals surface area contributed by atoms with Crippen molar-refractivity contribution in [2.45, 2.75) is 31.0 Å². The van der Waals surface area contributed by atoms with Crippen LogP contribution in [0.2, 0.25) is 5.02 Å². The normalized spacial score (nSPS) is 30.7. The Hall–Kier alpha value is -0.580. The van der Waals surface area contributed by atoms with Crippen LogP contribution >= 0.6 is 23.4 Å². The molecule has 0 amide bonds. The first-order chi connectivity index (χ1) is 9.17. The van der Waals surface area contributed by atoms with Crippen LogP contribution in [0.3, 0.4) is 0 Å². The lowest BCUT2D eigenvalue weighted by atomic mass is 9.91. The summed E-state index contributed by atoms with van der Waals surface area (Å²) in [5.74, 6) is 3.09. The van der Waals surface area contributed by atoms with Gasteiger partial charge in [0, 0.05) is 24.7 Å². The molecular weight excluding hydrogens is 282 g/mol. The molecule has 3 rings (SSSR count). The van der Waals surface area contributed by atoms with Gasteiger partial charge >= 0.3 is 0 Å². The second kappa shape index (κ2) is 5.43. The first-order valence-electron chi connectivity index (χ1n) is 6.60. The van der Waals surface area contributed by atoms with Gasteiger partial charge in [0.15, 0.2) is 0 Å². The minimum Gasteiger partial charge on any atom is -0.490 e. The molecule has 2 saturated heterocycles. The highest BCUT2D eigenvalue weighted by Crippen LogP contribution is 2.39. The van der Waals surface area contributed by atoms with Gasteiger partial charge in [-0.15, -0.1) is 0 Å². The second-order valence-electron chi connectivity index (χ2n) is 5.25. The minimum atomic E-state index is 0.0468. The van der Waals surface area contributed by atoms with Crippen LogP contribution in [-0.4, -0.2) is 29.8 Å². The zero-order valence-electron chi connectivity index (χ0n) is 10.7. The largest absolute Gasteiger partial charge is 0.490 e. The minimum absolute atomic E-state index is 0.0468. The predicted molar refractivity (Wildman–Crippen MR) is 80.1 cm³/mol. The highest BCUT2D eigenvalue weighted by Gasteiger charge is 2.41. The number of ether oxygens (including phenoxy) is 2. The maximum absolute atomic E-state index is 6.05. The Labute approximate surface area is 122 Å². The molecule has 3 nitrogen and oxygen atoms in total. The average molecular weight is 300 g/mol. The van der Waals surface area contributed by atoms with Crippen molar-refractivity contribution < 1.29 is 9.47 Å². The maximum Gasteiger partial charge on any atom is 0.121 e. The number of benzene rings is 1. The van der Waals surface area contributed by atoms with Crippen LogP contribution in [0.1, 0.15) is 19.3 Å². The average Bonchev–Trinajstić information content (AvgIpc) is 2.82. The van der Waals surface area contributed by atoms with Crippen LogP contribution in [-0.2, 0) is 4.74 Å². The molecule has 2 heterocycles. The van der Waals surface area contributed by atoms with E-state index >= 15 is 0 Å². The fraction of sp³-hybridized carbons (Fsp3) is 0.571. The zero-order chi connectivity index (χ0) is 13.3. The van der Waals surface area contributed by atoms with E-state index in [0.717, 1.165) is 37.4 Å². The van der Waals surface area contributed by atoms with Gasteiger partial charge in [0.1, 0.15) is 11.9 Å². The lowest BCUT2D eigenvalue weighted by Crippen LogP contribution is -2.43. The highest BCUT2D eigenvalue weighted by molar-refractivity contribution is 7.99. The van der Waals surface area contributed by atoms with Crippen molar-refractivity contribution in [1.82, 2.24) is 0 Å². The molecular formula is C14H18ClNO2S. The Morgan fingerprint density at radius 3 is 3.11 bits per heavy atom. The number of rotatable bonds is 2. The van der Waals surface area contributed by atoms with Gasteiger partial charge in [0.25, 0.3) is 0 Å². The van der Waals surface area contributed by atoms with E-state index in [4.69, 9.17) is 26.8 Å². The number of thioether (sulfide) groups is 1. The van der Waals surface area contributed by atoms with Gasteiger partial charge in [-0.2, -0.15) is 11.8 Å². The molecule has 0 aliphatic carbocycles. The molecule has 2 unspecified atom stereocenters. The molecule has 1 aromatic rings. The van der Waals surface area contributed by atoms with E-state index in [1.54, 1.807) is 12.1 Å². The number of halogens is 1. The summed E-state index contributed by atoms with van der Waals surface area (Å²) in [6.45, 7) is 0.786. The smallest absolute Gasteiger partial charge is 0.121 e. The van der Waals surface area contributed by atoms with Gasteiger partial charge in [-0.25, -0.2) is 0 Å². The standard InChI is InChI=1S/C14H18ClNO2S/c15-12-7-10(1-2-13(12)16)18-11-3-5-17-14(8-11)4-6-19-9-14/h1-2,7,11H,3-6,8-9,16H2. The third-order valence-corrected chi connectivity index (χ3v) is 5.34. The number of nitrogen functional groups attached to an aromatic ring is 1. The Bertz CT molecular complexity index is 463. The second-order valence-corrected chi connectivity index (χ2v) is 6.76. The van der Waals surface area contributed by atoms with E-state index in [1.807, 2.05) is 17.8 Å². The van der Waals surface area contributed by atoms with E-state index in [0.29, 0.717) is 10.7 Å². The van der Waals surface area contributed by atoms with Gasteiger partial charge in [0.05, 0.1) is 22.9 Å². The van der Waals surface area contributed by atoms with E-state index in [2.05, 4.69) is 0 Å². The van der Waals surface area contributed by atoms with Crippen molar-refractivity contribution in [2.75, 3.05) is 23.8 Å². The fourth-order valence-electron chi connectivity index (χ4n) is 2.72. The van der Waals surface area contributed by atoms with Crippen LogP contribution in [0.25, 0.3) is 0 Å². The van der Waals surface area contributed by atoms with Gasteiger partial charge in [-0.3, -0.25) is 0 Å². The third kappa shape index (κ3) is 2.96. The first kappa shape index (κ1) is 13.4. The third-order valence-electron chi connectivity index (χ3n) is 3.79. The van der Waals surface area contributed by atoms with Crippen molar-refractivity contribution >= 4 is 29.1 Å². The summed E-state index contributed by atoms with van der Waals surface area (Å²) in [5.41, 5.74) is 6.34. The van der Waals surface area contributed by atoms with Crippen LogP contribution < -0.4 is 10.5 Å². The number of nitrogens with two attached hydrogens (primary N) is 1. The molecule has 0 saturated carbocycles. The number of hydrogen-bond acceptors (Lipinski definition) is 4. The lowest BCUT2D eigenvalue weighted by Gasteiger charge is -2.37. The quantitative estimate of drug-likeness (QED) is 0.851. The molecule has 2 aliphatic rings. The predicted octanol–water partition coefficient (Wildman–Crippen LogP) is 3.36. The van der Waals surface area contributed by atoms with Crippen molar-refractivity contribution in [3.63, 3.8) is 0 Å². The molecule has 2 N–H and O–H groups in total. The van der Waals surface area contributed by atoms with Crippen molar-refractivity contribution in [3.8, 4) is 5.75 Å². The summed E-state index contributed by atoms with van der Waals surface area (Å²) in [7, 11) is 0. The summed E-state index contributed by atoms with van der Waals surface area (Å²) in [5, 5.41) is 0.552. The number of hydrogen-bond donors (Lipinski definition) is 1. The Balaban J connectivity index is 1.67. The van der Waals surface area contributed by atoms with Gasteiger partial charge in [-0.1, -0.05) is 11.6 Å². The SMILES string of the molecule is Nc1ccc(OC2CCOC3(CCSC3)C2)cc1Cl. The van der Waals surface area contributed by atoms with E-state index in [-0.39, 0.29) is 11.7 Å². The molecule has 19 heavy (non-hydrogen) atoms. The monoisotopic (exact) mass is 299 g/mol. The lowest BCUT2D eigenvalue weighted by molar-refractivity contribution is -0.0958. The summed E-state index contributed by atoms with van der Waals surface area (Å²) in [6.07, 6.45) is 3.27. The Kier molecular flexibility index (Phi) is 3.83. The zero-order valence-corrected chi connectivity index (χ0v) is 12.3. The Morgan fingerprint density at radius 1 is 1.47 bits per heavy atom. The van der Waals surface area contributed by atoms with Crippen molar-refractivity contribution in [2.24, 2.45) is 0 Å². The van der Waals surface area contributed by atoms with Crippen LogP contribution in [0.15, 0.2) is 18.2 Å². The molecule has 104 valence electrons. The summed E-state index contributed by atoms with van der Waals surface area (Å²) in [4.78, 5) is 0. The van der Waals surface area contributed by atoms with Crippen molar-refractivity contribution in [1.29, 1.82) is 0 Å². The number of anilines is 1.